The molecule has 1 aromatic heterocycles. The van der Waals surface area contributed by atoms with E-state index in [2.05, 4.69) is 6.92 Å². The summed E-state index contributed by atoms with van der Waals surface area (Å²) in [5.74, 6) is 1.41. The van der Waals surface area contributed by atoms with E-state index in [4.69, 9.17) is 13.9 Å². The van der Waals surface area contributed by atoms with E-state index in [1.165, 1.54) is 0 Å². The van der Waals surface area contributed by atoms with Gasteiger partial charge in [0.2, 0.25) is 5.76 Å². The monoisotopic (exact) mass is 497 g/mol. The number of aryl methyl sites for hydroxylation is 2. The van der Waals surface area contributed by atoms with Crippen LogP contribution in [0.25, 0.3) is 11.0 Å². The number of nitrogens with zero attached hydrogens (tertiary/aromatic N) is 1. The molecule has 0 spiro atoms. The summed E-state index contributed by atoms with van der Waals surface area (Å²) in [5, 5.41) is 0.508. The van der Waals surface area contributed by atoms with Crippen molar-refractivity contribution in [3.05, 3.63) is 104 Å². The molecule has 0 saturated heterocycles. The second-order valence-electron chi connectivity index (χ2n) is 9.55. The maximum Gasteiger partial charge on any atom is 0.290 e. The average molecular weight is 498 g/mol. The number of benzene rings is 3. The van der Waals surface area contributed by atoms with Crippen molar-refractivity contribution in [3.63, 3.8) is 0 Å². The fourth-order valence-corrected chi connectivity index (χ4v) is 5.06. The molecule has 1 amide bonds. The van der Waals surface area contributed by atoms with Crippen LogP contribution in [-0.2, 0) is 6.42 Å². The fourth-order valence-electron chi connectivity index (χ4n) is 5.06. The van der Waals surface area contributed by atoms with Crippen LogP contribution in [0.2, 0.25) is 0 Å². The van der Waals surface area contributed by atoms with Gasteiger partial charge in [-0.15, -0.1) is 0 Å². The standard InChI is InChI=1S/C31H31NO5/c1-5-16-36-24-12-8-22(9-13-24)27-26-28(33)25-18-19(2)17-20(3)29(25)37-30(26)31(34)32(27)15-14-21-6-10-23(35-4)11-7-21/h6-13,17-18,27H,5,14-16H2,1-4H3. The Bertz CT molecular complexity index is 1500. The fraction of sp³-hybridized carbons (Fsp3) is 0.290. The number of hydrogen-bond donors (Lipinski definition) is 0. The predicted octanol–water partition coefficient (Wildman–Crippen LogP) is 6.00. The number of methoxy groups -OCH3 is 1. The van der Waals surface area contributed by atoms with Gasteiger partial charge in [0.05, 0.1) is 30.7 Å². The van der Waals surface area contributed by atoms with Crippen LogP contribution in [0.15, 0.2) is 69.9 Å². The molecule has 0 fully saturated rings. The molecule has 6 nitrogen and oxygen atoms in total. The second-order valence-corrected chi connectivity index (χ2v) is 9.55. The molecule has 3 aromatic carbocycles. The maximum atomic E-state index is 13.9. The lowest BCUT2D eigenvalue weighted by Crippen LogP contribution is -2.31. The highest BCUT2D eigenvalue weighted by Crippen LogP contribution is 2.39. The first-order chi connectivity index (χ1) is 17.9. The van der Waals surface area contributed by atoms with Crippen LogP contribution in [0, 0.1) is 13.8 Å². The van der Waals surface area contributed by atoms with Gasteiger partial charge in [0.25, 0.3) is 5.91 Å². The first-order valence-corrected chi connectivity index (χ1v) is 12.7. The highest BCUT2D eigenvalue weighted by Gasteiger charge is 2.42. The molecule has 1 aliphatic heterocycles. The van der Waals surface area contributed by atoms with Gasteiger partial charge in [-0.3, -0.25) is 9.59 Å². The molecule has 6 heteroatoms. The van der Waals surface area contributed by atoms with Gasteiger partial charge in [0, 0.05) is 6.54 Å². The highest BCUT2D eigenvalue weighted by molar-refractivity contribution is 5.99. The van der Waals surface area contributed by atoms with Gasteiger partial charge in [0.1, 0.15) is 17.1 Å². The third-order valence-corrected chi connectivity index (χ3v) is 6.87. The van der Waals surface area contributed by atoms with Crippen LogP contribution in [0.1, 0.15) is 57.8 Å². The molecule has 1 unspecified atom stereocenters. The van der Waals surface area contributed by atoms with Gasteiger partial charge in [-0.1, -0.05) is 37.3 Å². The van der Waals surface area contributed by atoms with E-state index in [0.29, 0.717) is 36.1 Å². The van der Waals surface area contributed by atoms with E-state index in [9.17, 15) is 9.59 Å². The van der Waals surface area contributed by atoms with E-state index in [-0.39, 0.29) is 17.1 Å². The normalized spacial score (nSPS) is 14.8. The molecule has 1 atom stereocenters. The molecular formula is C31H31NO5. The molecule has 1 aliphatic rings. The van der Waals surface area contributed by atoms with Crippen molar-refractivity contribution in [2.24, 2.45) is 0 Å². The predicted molar refractivity (Wildman–Crippen MR) is 144 cm³/mol. The Morgan fingerprint density at radius 2 is 1.65 bits per heavy atom. The van der Waals surface area contributed by atoms with Gasteiger partial charge < -0.3 is 18.8 Å². The Balaban J connectivity index is 1.58. The summed E-state index contributed by atoms with van der Waals surface area (Å²) in [6.07, 6.45) is 1.54. The number of fused-ring (bicyclic) bond motifs is 2. The third-order valence-electron chi connectivity index (χ3n) is 6.87. The summed E-state index contributed by atoms with van der Waals surface area (Å²) in [7, 11) is 1.63. The van der Waals surface area contributed by atoms with Crippen LogP contribution < -0.4 is 14.9 Å². The molecule has 0 aliphatic carbocycles. The Kier molecular flexibility index (Phi) is 6.74. The van der Waals surface area contributed by atoms with E-state index in [1.54, 1.807) is 12.0 Å². The summed E-state index contributed by atoms with van der Waals surface area (Å²) in [6.45, 7) is 6.98. The van der Waals surface area contributed by atoms with Gasteiger partial charge in [-0.25, -0.2) is 0 Å². The lowest BCUT2D eigenvalue weighted by molar-refractivity contribution is 0.0730. The van der Waals surface area contributed by atoms with Crippen LogP contribution in [0.4, 0.5) is 0 Å². The van der Waals surface area contributed by atoms with Gasteiger partial charge in [0.15, 0.2) is 5.43 Å². The topological polar surface area (TPSA) is 69.0 Å². The zero-order valence-electron chi connectivity index (χ0n) is 21.7. The molecule has 2 heterocycles. The van der Waals surface area contributed by atoms with Crippen LogP contribution in [0.3, 0.4) is 0 Å². The summed E-state index contributed by atoms with van der Waals surface area (Å²) in [6, 6.07) is 18.7. The molecule has 0 bridgehead atoms. The lowest BCUT2D eigenvalue weighted by Gasteiger charge is -2.25. The van der Waals surface area contributed by atoms with Crippen molar-refractivity contribution in [2.75, 3.05) is 20.3 Å². The minimum absolute atomic E-state index is 0.135. The van der Waals surface area contributed by atoms with Gasteiger partial charge in [-0.05, 0) is 79.3 Å². The summed E-state index contributed by atoms with van der Waals surface area (Å²) < 4.78 is 17.2. The molecule has 4 aromatic rings. The number of amides is 1. The molecule has 37 heavy (non-hydrogen) atoms. The molecule has 5 rings (SSSR count). The minimum Gasteiger partial charge on any atom is -0.497 e. The van der Waals surface area contributed by atoms with Crippen molar-refractivity contribution in [1.82, 2.24) is 4.90 Å². The van der Waals surface area contributed by atoms with Crippen molar-refractivity contribution in [2.45, 2.75) is 39.7 Å². The number of carbonyl (C=O) groups is 1. The Hall–Kier alpha value is -4.06. The maximum absolute atomic E-state index is 13.9. The minimum atomic E-state index is -0.539. The Morgan fingerprint density at radius 3 is 2.32 bits per heavy atom. The average Bonchev–Trinajstić information content (AvgIpc) is 3.19. The quantitative estimate of drug-likeness (QED) is 0.299. The molecule has 0 radical (unpaired) electrons. The van der Waals surface area contributed by atoms with Gasteiger partial charge >= 0.3 is 0 Å². The Morgan fingerprint density at radius 1 is 0.946 bits per heavy atom. The van der Waals surface area contributed by atoms with E-state index < -0.39 is 6.04 Å². The zero-order valence-corrected chi connectivity index (χ0v) is 21.7. The third kappa shape index (κ3) is 4.59. The Labute approximate surface area is 216 Å². The molecular weight excluding hydrogens is 466 g/mol. The smallest absolute Gasteiger partial charge is 0.290 e. The first-order valence-electron chi connectivity index (χ1n) is 12.7. The second kappa shape index (κ2) is 10.1. The first kappa shape index (κ1) is 24.6. The largest absolute Gasteiger partial charge is 0.497 e. The van der Waals surface area contributed by atoms with Crippen molar-refractivity contribution in [1.29, 1.82) is 0 Å². The number of carbonyl (C=O) groups excluding carboxylic acids is 1. The van der Waals surface area contributed by atoms with E-state index in [1.807, 2.05) is 74.5 Å². The van der Waals surface area contributed by atoms with Crippen LogP contribution in [0.5, 0.6) is 11.5 Å². The van der Waals surface area contributed by atoms with Gasteiger partial charge in [-0.2, -0.15) is 0 Å². The SMILES string of the molecule is CCCOc1ccc(C2c3c(oc4c(C)cc(C)cc4c3=O)C(=O)N2CCc2ccc(OC)cc2)cc1. The molecule has 190 valence electrons. The van der Waals surface area contributed by atoms with E-state index >= 15 is 0 Å². The highest BCUT2D eigenvalue weighted by atomic mass is 16.5. The number of rotatable bonds is 8. The van der Waals surface area contributed by atoms with Crippen molar-refractivity contribution >= 4 is 16.9 Å². The summed E-state index contributed by atoms with van der Waals surface area (Å²) in [4.78, 5) is 29.4. The van der Waals surface area contributed by atoms with E-state index in [0.717, 1.165) is 40.2 Å². The summed E-state index contributed by atoms with van der Waals surface area (Å²) in [5.41, 5.74) is 4.46. The van der Waals surface area contributed by atoms with Crippen LogP contribution >= 0.6 is 0 Å². The van der Waals surface area contributed by atoms with Crippen molar-refractivity contribution in [3.8, 4) is 11.5 Å². The molecule has 0 saturated carbocycles. The van der Waals surface area contributed by atoms with Crippen molar-refractivity contribution < 1.29 is 18.7 Å². The lowest BCUT2D eigenvalue weighted by atomic mass is 9.97. The zero-order chi connectivity index (χ0) is 26.1. The molecule has 0 N–H and O–H groups in total. The number of hydrogen-bond acceptors (Lipinski definition) is 5. The number of ether oxygens (including phenoxy) is 2. The summed E-state index contributed by atoms with van der Waals surface area (Å²) >= 11 is 0. The van der Waals surface area contributed by atoms with Crippen LogP contribution in [-0.4, -0.2) is 31.1 Å².